The lowest BCUT2D eigenvalue weighted by Gasteiger charge is -2.15. The lowest BCUT2D eigenvalue weighted by molar-refractivity contribution is 0.102. The van der Waals surface area contributed by atoms with Gasteiger partial charge in [0.2, 0.25) is 0 Å². The van der Waals surface area contributed by atoms with Gasteiger partial charge in [-0.25, -0.2) is 0 Å². The van der Waals surface area contributed by atoms with Gasteiger partial charge in [0.1, 0.15) is 6.33 Å². The summed E-state index contributed by atoms with van der Waals surface area (Å²) in [6.45, 7) is 2.04. The van der Waals surface area contributed by atoms with E-state index in [0.29, 0.717) is 16.9 Å². The third-order valence-corrected chi connectivity index (χ3v) is 5.78. The number of hydrogen-bond acceptors (Lipinski definition) is 5. The zero-order valence-electron chi connectivity index (χ0n) is 15.6. The molecule has 7 heteroatoms. The van der Waals surface area contributed by atoms with Crippen LogP contribution in [0, 0.1) is 6.92 Å². The first kappa shape index (κ1) is 17.4. The smallest absolute Gasteiger partial charge is 0.257 e. The van der Waals surface area contributed by atoms with Crippen LogP contribution in [0.3, 0.4) is 0 Å². The molecule has 1 amide bonds. The zero-order chi connectivity index (χ0) is 19.8. The maximum absolute atomic E-state index is 13.1. The second-order valence-electron chi connectivity index (χ2n) is 6.74. The fourth-order valence-corrected chi connectivity index (χ4v) is 4.22. The molecule has 0 spiro atoms. The van der Waals surface area contributed by atoms with Gasteiger partial charge in [-0.2, -0.15) is 0 Å². The minimum atomic E-state index is -0.150. The van der Waals surface area contributed by atoms with Crippen molar-refractivity contribution in [2.45, 2.75) is 6.92 Å². The molecule has 29 heavy (non-hydrogen) atoms. The summed E-state index contributed by atoms with van der Waals surface area (Å²) in [5.74, 6) is -0.150. The molecule has 5 rings (SSSR count). The lowest BCUT2D eigenvalue weighted by atomic mass is 10.1. The topological polar surface area (TPSA) is 71.3 Å². The van der Waals surface area contributed by atoms with Crippen molar-refractivity contribution >= 4 is 50.0 Å². The molecule has 5 aromatic rings. The molecule has 3 aromatic heterocycles. The molecule has 0 aliphatic rings. The third-order valence-electron chi connectivity index (χ3n) is 4.82. The highest BCUT2D eigenvalue weighted by Crippen LogP contribution is 2.30. The summed E-state index contributed by atoms with van der Waals surface area (Å²) in [6, 6.07) is 17.8. The lowest BCUT2D eigenvalue weighted by Crippen LogP contribution is -2.13. The highest BCUT2D eigenvalue weighted by molar-refractivity contribution is 7.17. The second kappa shape index (κ2) is 7.03. The Balaban J connectivity index is 1.54. The summed E-state index contributed by atoms with van der Waals surface area (Å²) in [7, 11) is 0. The Morgan fingerprint density at radius 1 is 1.03 bits per heavy atom. The van der Waals surface area contributed by atoms with Gasteiger partial charge in [-0.3, -0.25) is 9.20 Å². The Bertz CT molecular complexity index is 1350. The van der Waals surface area contributed by atoms with E-state index >= 15 is 0 Å². The van der Waals surface area contributed by atoms with Crippen LogP contribution in [0.2, 0.25) is 0 Å². The highest BCUT2D eigenvalue weighted by Gasteiger charge is 2.15. The number of para-hydroxylation sites is 1. The maximum Gasteiger partial charge on any atom is 0.257 e. The predicted octanol–water partition coefficient (Wildman–Crippen LogP) is 5.25. The number of carbonyl (C=O) groups is 1. The summed E-state index contributed by atoms with van der Waals surface area (Å²) in [5, 5.41) is 17.4. The van der Waals surface area contributed by atoms with E-state index in [-0.39, 0.29) is 5.91 Å². The van der Waals surface area contributed by atoms with Gasteiger partial charge < -0.3 is 10.6 Å². The number of hydrogen-bond donors (Lipinski definition) is 2. The number of amides is 1. The Kier molecular flexibility index (Phi) is 4.22. The number of fused-ring (bicyclic) bond motifs is 2. The Morgan fingerprint density at radius 2 is 1.86 bits per heavy atom. The summed E-state index contributed by atoms with van der Waals surface area (Å²) in [5.41, 5.74) is 4.84. The van der Waals surface area contributed by atoms with Crippen molar-refractivity contribution in [2.75, 3.05) is 10.6 Å². The molecular formula is C22H17N5OS. The molecule has 6 nitrogen and oxygen atoms in total. The van der Waals surface area contributed by atoms with Crippen molar-refractivity contribution in [3.8, 4) is 0 Å². The van der Waals surface area contributed by atoms with Crippen molar-refractivity contribution < 1.29 is 4.79 Å². The zero-order valence-corrected chi connectivity index (χ0v) is 16.4. The normalized spacial score (nSPS) is 11.1. The molecule has 0 unspecified atom stereocenters. The van der Waals surface area contributed by atoms with Gasteiger partial charge in [0.05, 0.1) is 16.9 Å². The molecule has 3 heterocycles. The average Bonchev–Trinajstić information content (AvgIpc) is 3.36. The number of nitrogens with zero attached hydrogens (tertiary/aromatic N) is 3. The van der Waals surface area contributed by atoms with E-state index in [9.17, 15) is 4.79 Å². The molecule has 142 valence electrons. The van der Waals surface area contributed by atoms with E-state index in [2.05, 4.69) is 20.8 Å². The number of thiophene rings is 1. The quantitative estimate of drug-likeness (QED) is 0.433. The number of anilines is 3. The molecular weight excluding hydrogens is 382 g/mol. The van der Waals surface area contributed by atoms with E-state index in [4.69, 9.17) is 0 Å². The fourth-order valence-electron chi connectivity index (χ4n) is 3.27. The molecule has 0 saturated carbocycles. The van der Waals surface area contributed by atoms with Gasteiger partial charge >= 0.3 is 0 Å². The Labute approximate surface area is 170 Å². The largest absolute Gasteiger partial charge is 0.353 e. The number of pyridine rings is 1. The average molecular weight is 399 g/mol. The van der Waals surface area contributed by atoms with E-state index < -0.39 is 0 Å². The number of aromatic nitrogens is 3. The number of nitrogens with one attached hydrogen (secondary N) is 2. The molecule has 2 aromatic carbocycles. The Morgan fingerprint density at radius 3 is 2.76 bits per heavy atom. The fraction of sp³-hybridized carbons (Fsp3) is 0.0455. The van der Waals surface area contributed by atoms with E-state index in [1.807, 2.05) is 73.1 Å². The van der Waals surface area contributed by atoms with Gasteiger partial charge in [-0.1, -0.05) is 36.4 Å². The number of benzene rings is 2. The second-order valence-corrected chi connectivity index (χ2v) is 7.65. The van der Waals surface area contributed by atoms with Crippen LogP contribution < -0.4 is 10.6 Å². The van der Waals surface area contributed by atoms with Crippen LogP contribution in [0.5, 0.6) is 0 Å². The van der Waals surface area contributed by atoms with E-state index in [1.54, 1.807) is 22.1 Å². The van der Waals surface area contributed by atoms with Crippen LogP contribution in [0.25, 0.3) is 15.7 Å². The van der Waals surface area contributed by atoms with Crippen LogP contribution in [0.4, 0.5) is 17.1 Å². The maximum atomic E-state index is 13.1. The minimum Gasteiger partial charge on any atom is -0.353 e. The SMILES string of the molecule is Cc1ccccc1Nc1cc2nncn2cc1NC(=O)c1csc2ccccc12. The van der Waals surface area contributed by atoms with Gasteiger partial charge in [0, 0.05) is 33.4 Å². The molecule has 2 N–H and O–H groups in total. The van der Waals surface area contributed by atoms with Gasteiger partial charge in [0.25, 0.3) is 5.91 Å². The highest BCUT2D eigenvalue weighted by atomic mass is 32.1. The first-order valence-corrected chi connectivity index (χ1v) is 10.0. The summed E-state index contributed by atoms with van der Waals surface area (Å²) in [4.78, 5) is 13.1. The number of rotatable bonds is 4. The van der Waals surface area contributed by atoms with Gasteiger partial charge in [0.15, 0.2) is 5.65 Å². The van der Waals surface area contributed by atoms with Crippen molar-refractivity contribution in [1.82, 2.24) is 14.6 Å². The molecule has 0 atom stereocenters. The summed E-state index contributed by atoms with van der Waals surface area (Å²) in [6.07, 6.45) is 3.44. The minimum absolute atomic E-state index is 0.150. The Hall–Kier alpha value is -3.71. The van der Waals surface area contributed by atoms with Crippen LogP contribution in [0.15, 0.2) is 72.5 Å². The molecule has 0 aliphatic carbocycles. The van der Waals surface area contributed by atoms with Crippen molar-refractivity contribution in [2.24, 2.45) is 0 Å². The third kappa shape index (κ3) is 3.21. The van der Waals surface area contributed by atoms with Crippen LogP contribution in [-0.4, -0.2) is 20.5 Å². The molecule has 0 saturated heterocycles. The monoisotopic (exact) mass is 399 g/mol. The van der Waals surface area contributed by atoms with Gasteiger partial charge in [-0.15, -0.1) is 21.5 Å². The number of aryl methyl sites for hydroxylation is 1. The molecule has 0 aliphatic heterocycles. The molecule has 0 bridgehead atoms. The van der Waals surface area contributed by atoms with Crippen molar-refractivity contribution in [3.05, 3.63) is 83.6 Å². The van der Waals surface area contributed by atoms with Crippen LogP contribution in [0.1, 0.15) is 15.9 Å². The van der Waals surface area contributed by atoms with Crippen LogP contribution in [-0.2, 0) is 0 Å². The summed E-state index contributed by atoms with van der Waals surface area (Å²) < 4.78 is 2.87. The van der Waals surface area contributed by atoms with Crippen molar-refractivity contribution in [1.29, 1.82) is 0 Å². The number of carbonyl (C=O) groups excluding carboxylic acids is 1. The molecule has 0 fully saturated rings. The first-order valence-electron chi connectivity index (χ1n) is 9.13. The molecule has 0 radical (unpaired) electrons. The standard InChI is InChI=1S/C22H17N5OS/c1-14-6-2-4-8-17(14)24-18-10-21-26-23-13-27(21)11-19(18)25-22(28)16-12-29-20-9-5-3-7-15(16)20/h2-13,24H,1H3,(H,25,28). The predicted molar refractivity (Wildman–Crippen MR) is 117 cm³/mol. The van der Waals surface area contributed by atoms with E-state index in [0.717, 1.165) is 27.0 Å². The summed E-state index contributed by atoms with van der Waals surface area (Å²) >= 11 is 1.56. The van der Waals surface area contributed by atoms with Gasteiger partial charge in [-0.05, 0) is 24.6 Å². The van der Waals surface area contributed by atoms with E-state index in [1.165, 1.54) is 0 Å². The first-order chi connectivity index (χ1) is 14.2. The van der Waals surface area contributed by atoms with Crippen molar-refractivity contribution in [3.63, 3.8) is 0 Å². The van der Waals surface area contributed by atoms with Crippen LogP contribution >= 0.6 is 11.3 Å².